The van der Waals surface area contributed by atoms with Gasteiger partial charge in [-0.3, -0.25) is 4.68 Å². The van der Waals surface area contributed by atoms with Gasteiger partial charge in [0.2, 0.25) is 0 Å². The maximum absolute atomic E-state index is 11.8. The highest BCUT2D eigenvalue weighted by Crippen LogP contribution is 2.27. The minimum atomic E-state index is -4.26. The Morgan fingerprint density at radius 1 is 1.40 bits per heavy atom. The van der Waals surface area contributed by atoms with E-state index in [0.29, 0.717) is 19.5 Å². The van der Waals surface area contributed by atoms with E-state index < -0.39 is 12.8 Å². The van der Waals surface area contributed by atoms with Crippen molar-refractivity contribution in [2.45, 2.75) is 38.5 Å². The molecule has 0 unspecified atom stereocenters. The lowest BCUT2D eigenvalue weighted by Gasteiger charge is -2.07. The quantitative estimate of drug-likeness (QED) is 0.705. The zero-order chi connectivity index (χ0) is 14.4. The van der Waals surface area contributed by atoms with Crippen LogP contribution in [-0.2, 0) is 17.8 Å². The summed E-state index contributed by atoms with van der Waals surface area (Å²) in [6, 6.07) is 0. The van der Waals surface area contributed by atoms with Crippen LogP contribution in [-0.4, -0.2) is 40.9 Å². The number of nitrogens with zero attached hydrogens (tertiary/aromatic N) is 3. The zero-order valence-corrected chi connectivity index (χ0v) is 11.2. The Labute approximate surface area is 115 Å². The van der Waals surface area contributed by atoms with E-state index in [-0.39, 0.29) is 6.61 Å². The van der Waals surface area contributed by atoms with Gasteiger partial charge in [0.1, 0.15) is 6.61 Å². The van der Waals surface area contributed by atoms with E-state index in [1.807, 2.05) is 6.20 Å². The summed E-state index contributed by atoms with van der Waals surface area (Å²) in [5.41, 5.74) is 0.849. The van der Waals surface area contributed by atoms with Crippen molar-refractivity contribution >= 4 is 0 Å². The second-order valence-corrected chi connectivity index (χ2v) is 5.07. The van der Waals surface area contributed by atoms with Crippen LogP contribution in [0.15, 0.2) is 6.20 Å². The molecular weight excluding hydrogens is 273 g/mol. The first-order chi connectivity index (χ1) is 9.53. The van der Waals surface area contributed by atoms with Gasteiger partial charge in [0, 0.05) is 25.9 Å². The van der Waals surface area contributed by atoms with Gasteiger partial charge in [0.25, 0.3) is 0 Å². The molecule has 1 N–H and O–H groups in total. The van der Waals surface area contributed by atoms with Gasteiger partial charge in [-0.25, -0.2) is 0 Å². The highest BCUT2D eigenvalue weighted by atomic mass is 19.4. The van der Waals surface area contributed by atoms with E-state index in [0.717, 1.165) is 18.2 Å². The molecule has 1 aromatic rings. The SMILES string of the molecule is FC(F)(F)COCCCn1cc(CNCC2CC2)nn1. The van der Waals surface area contributed by atoms with Crippen LogP contribution < -0.4 is 5.32 Å². The molecule has 2 rings (SSSR count). The van der Waals surface area contributed by atoms with Crippen LogP contribution >= 0.6 is 0 Å². The molecule has 0 aliphatic heterocycles. The average molecular weight is 292 g/mol. The summed E-state index contributed by atoms with van der Waals surface area (Å²) in [7, 11) is 0. The highest BCUT2D eigenvalue weighted by molar-refractivity contribution is 4.92. The van der Waals surface area contributed by atoms with Crippen LogP contribution in [0.25, 0.3) is 0 Å². The predicted octanol–water partition coefficient (Wildman–Crippen LogP) is 1.75. The molecule has 1 saturated carbocycles. The third-order valence-corrected chi connectivity index (χ3v) is 2.96. The third kappa shape index (κ3) is 6.33. The number of aromatic nitrogens is 3. The first-order valence-electron chi connectivity index (χ1n) is 6.77. The van der Waals surface area contributed by atoms with Crippen molar-refractivity contribution in [1.82, 2.24) is 20.3 Å². The van der Waals surface area contributed by atoms with Gasteiger partial charge in [-0.2, -0.15) is 13.2 Å². The van der Waals surface area contributed by atoms with E-state index in [9.17, 15) is 13.2 Å². The first-order valence-corrected chi connectivity index (χ1v) is 6.77. The minimum Gasteiger partial charge on any atom is -0.372 e. The van der Waals surface area contributed by atoms with E-state index >= 15 is 0 Å². The molecule has 0 radical (unpaired) electrons. The number of hydrogen-bond acceptors (Lipinski definition) is 4. The van der Waals surface area contributed by atoms with Crippen molar-refractivity contribution in [1.29, 1.82) is 0 Å². The molecule has 1 aliphatic carbocycles. The summed E-state index contributed by atoms with van der Waals surface area (Å²) < 4.78 is 41.6. The van der Waals surface area contributed by atoms with Crippen LogP contribution in [0.2, 0.25) is 0 Å². The predicted molar refractivity (Wildman–Crippen MR) is 65.9 cm³/mol. The summed E-state index contributed by atoms with van der Waals surface area (Å²) >= 11 is 0. The first kappa shape index (κ1) is 15.2. The lowest BCUT2D eigenvalue weighted by Crippen LogP contribution is -2.17. The molecule has 1 fully saturated rings. The minimum absolute atomic E-state index is 0.0641. The van der Waals surface area contributed by atoms with Crippen LogP contribution in [0.5, 0.6) is 0 Å². The van der Waals surface area contributed by atoms with Crippen molar-refractivity contribution in [3.63, 3.8) is 0 Å². The van der Waals surface area contributed by atoms with E-state index in [1.54, 1.807) is 4.68 Å². The van der Waals surface area contributed by atoms with Crippen molar-refractivity contribution in [2.75, 3.05) is 19.8 Å². The average Bonchev–Trinajstić information content (AvgIpc) is 3.07. The van der Waals surface area contributed by atoms with Gasteiger partial charge in [0.15, 0.2) is 0 Å². The Balaban J connectivity index is 1.55. The molecule has 0 bridgehead atoms. The third-order valence-electron chi connectivity index (χ3n) is 2.96. The van der Waals surface area contributed by atoms with Gasteiger partial charge >= 0.3 is 6.18 Å². The largest absolute Gasteiger partial charge is 0.411 e. The normalized spacial score (nSPS) is 15.8. The monoisotopic (exact) mass is 292 g/mol. The second-order valence-electron chi connectivity index (χ2n) is 5.07. The number of aryl methyl sites for hydroxylation is 1. The summed E-state index contributed by atoms with van der Waals surface area (Å²) in [4.78, 5) is 0. The number of hydrogen-bond donors (Lipinski definition) is 1. The summed E-state index contributed by atoms with van der Waals surface area (Å²) in [5, 5.41) is 11.2. The topological polar surface area (TPSA) is 52.0 Å². The van der Waals surface area contributed by atoms with Crippen LogP contribution in [0.3, 0.4) is 0 Å². The Hall–Kier alpha value is -1.15. The van der Waals surface area contributed by atoms with Crippen molar-refractivity contribution < 1.29 is 17.9 Å². The maximum atomic E-state index is 11.8. The fraction of sp³-hybridized carbons (Fsp3) is 0.833. The number of nitrogens with one attached hydrogen (secondary N) is 1. The van der Waals surface area contributed by atoms with E-state index in [1.165, 1.54) is 12.8 Å². The molecule has 114 valence electrons. The Morgan fingerprint density at radius 3 is 2.90 bits per heavy atom. The fourth-order valence-corrected chi connectivity index (χ4v) is 1.77. The molecule has 0 atom stereocenters. The molecule has 8 heteroatoms. The standard InChI is InChI=1S/C12H19F3N4O/c13-12(14,15)9-20-5-1-4-19-8-11(17-18-19)7-16-6-10-2-3-10/h8,10,16H,1-7,9H2. The van der Waals surface area contributed by atoms with Gasteiger partial charge in [0.05, 0.1) is 5.69 Å². The molecule has 0 saturated heterocycles. The van der Waals surface area contributed by atoms with Gasteiger partial charge in [-0.15, -0.1) is 5.10 Å². The molecule has 0 spiro atoms. The molecule has 1 aliphatic rings. The molecule has 20 heavy (non-hydrogen) atoms. The van der Waals surface area contributed by atoms with Gasteiger partial charge in [-0.05, 0) is 31.7 Å². The molecule has 0 aromatic carbocycles. The molecular formula is C12H19F3N4O. The smallest absolute Gasteiger partial charge is 0.372 e. The summed E-state index contributed by atoms with van der Waals surface area (Å²) in [6.07, 6.45) is 0.640. The summed E-state index contributed by atoms with van der Waals surface area (Å²) in [5.74, 6) is 0.816. The number of alkyl halides is 3. The lowest BCUT2D eigenvalue weighted by molar-refractivity contribution is -0.174. The highest BCUT2D eigenvalue weighted by Gasteiger charge is 2.27. The second kappa shape index (κ2) is 7.03. The fourth-order valence-electron chi connectivity index (χ4n) is 1.77. The number of rotatable bonds is 9. The molecule has 0 amide bonds. The molecule has 5 nitrogen and oxygen atoms in total. The van der Waals surface area contributed by atoms with Crippen molar-refractivity contribution in [3.05, 3.63) is 11.9 Å². The van der Waals surface area contributed by atoms with E-state index in [4.69, 9.17) is 0 Å². The maximum Gasteiger partial charge on any atom is 0.411 e. The lowest BCUT2D eigenvalue weighted by atomic mass is 10.4. The Kier molecular flexibility index (Phi) is 5.36. The van der Waals surface area contributed by atoms with Gasteiger partial charge in [-0.1, -0.05) is 5.21 Å². The summed E-state index contributed by atoms with van der Waals surface area (Å²) in [6.45, 7) is 1.07. The molecule has 1 heterocycles. The van der Waals surface area contributed by atoms with Crippen LogP contribution in [0.4, 0.5) is 13.2 Å². The van der Waals surface area contributed by atoms with Crippen molar-refractivity contribution in [3.8, 4) is 0 Å². The van der Waals surface area contributed by atoms with Crippen LogP contribution in [0.1, 0.15) is 25.0 Å². The Morgan fingerprint density at radius 2 is 2.20 bits per heavy atom. The number of ether oxygens (including phenoxy) is 1. The molecule has 1 aromatic heterocycles. The van der Waals surface area contributed by atoms with Crippen molar-refractivity contribution in [2.24, 2.45) is 5.92 Å². The van der Waals surface area contributed by atoms with Crippen LogP contribution in [0, 0.1) is 5.92 Å². The Bertz CT molecular complexity index is 404. The van der Waals surface area contributed by atoms with E-state index in [2.05, 4.69) is 20.4 Å². The zero-order valence-electron chi connectivity index (χ0n) is 11.2. The number of halogens is 3. The van der Waals surface area contributed by atoms with Gasteiger partial charge < -0.3 is 10.1 Å².